The van der Waals surface area contributed by atoms with Gasteiger partial charge in [0.2, 0.25) is 5.91 Å². The van der Waals surface area contributed by atoms with Crippen LogP contribution in [0.15, 0.2) is 66.7 Å². The van der Waals surface area contributed by atoms with E-state index in [4.69, 9.17) is 17.3 Å². The van der Waals surface area contributed by atoms with Crippen LogP contribution in [0.1, 0.15) is 27.2 Å². The third-order valence-corrected chi connectivity index (χ3v) is 5.43. The summed E-state index contributed by atoms with van der Waals surface area (Å²) >= 11 is 5.78. The first-order valence-electron chi connectivity index (χ1n) is 9.95. The number of aromatic nitrogens is 2. The molecule has 0 fully saturated rings. The summed E-state index contributed by atoms with van der Waals surface area (Å²) in [5.74, 6) is -1.63. The van der Waals surface area contributed by atoms with Crippen molar-refractivity contribution in [3.8, 4) is 0 Å². The molecule has 0 aliphatic rings. The van der Waals surface area contributed by atoms with Gasteiger partial charge in [-0.2, -0.15) is 5.10 Å². The second-order valence-corrected chi connectivity index (χ2v) is 7.74. The summed E-state index contributed by atoms with van der Waals surface area (Å²) in [4.78, 5) is 24.6. The smallest absolute Gasteiger partial charge is 0.269 e. The highest BCUT2D eigenvalue weighted by molar-refractivity contribution is 6.30. The molecule has 4 aromatic rings. The molecule has 0 unspecified atom stereocenters. The minimum atomic E-state index is -0.671. The Labute approximate surface area is 188 Å². The van der Waals surface area contributed by atoms with Crippen LogP contribution in [-0.2, 0) is 24.3 Å². The molecule has 32 heavy (non-hydrogen) atoms. The van der Waals surface area contributed by atoms with Crippen LogP contribution in [0.25, 0.3) is 10.9 Å². The number of primary amides is 1. The minimum Gasteiger partial charge on any atom is -0.364 e. The molecular weight excluding hydrogens is 431 g/mol. The van der Waals surface area contributed by atoms with Crippen molar-refractivity contribution in [2.75, 3.05) is 0 Å². The molecule has 2 amide bonds. The summed E-state index contributed by atoms with van der Waals surface area (Å²) < 4.78 is 15.5. The zero-order chi connectivity index (χ0) is 22.7. The third-order valence-electron chi connectivity index (χ3n) is 5.14. The van der Waals surface area contributed by atoms with Gasteiger partial charge in [0.25, 0.3) is 5.91 Å². The minimum absolute atomic E-state index is 0.00753. The van der Waals surface area contributed by atoms with Crippen LogP contribution in [0.5, 0.6) is 0 Å². The molecule has 4 rings (SSSR count). The summed E-state index contributed by atoms with van der Waals surface area (Å²) in [5, 5.41) is 7.58. The number of carbonyl (C=O) groups is 2. The number of carbonyl (C=O) groups excluding carboxylic acids is 2. The number of amides is 2. The number of rotatable bonds is 7. The average molecular weight is 451 g/mol. The van der Waals surface area contributed by atoms with Crippen LogP contribution in [-0.4, -0.2) is 21.6 Å². The number of hydrogen-bond donors (Lipinski definition) is 2. The number of nitrogens with zero attached hydrogens (tertiary/aromatic N) is 2. The largest absolute Gasteiger partial charge is 0.364 e. The van der Waals surface area contributed by atoms with Crippen molar-refractivity contribution in [1.82, 2.24) is 15.1 Å². The van der Waals surface area contributed by atoms with E-state index in [1.54, 1.807) is 18.2 Å². The van der Waals surface area contributed by atoms with Crippen LogP contribution < -0.4 is 11.1 Å². The van der Waals surface area contributed by atoms with Crippen LogP contribution in [0.2, 0.25) is 5.02 Å². The second kappa shape index (κ2) is 9.20. The van der Waals surface area contributed by atoms with Gasteiger partial charge in [0.05, 0.1) is 10.5 Å². The first kappa shape index (κ1) is 21.5. The Hall–Kier alpha value is -3.71. The van der Waals surface area contributed by atoms with E-state index in [2.05, 4.69) is 10.4 Å². The lowest BCUT2D eigenvalue weighted by Crippen LogP contribution is -2.28. The van der Waals surface area contributed by atoms with Crippen molar-refractivity contribution in [3.63, 3.8) is 0 Å². The number of benzene rings is 3. The molecule has 0 aliphatic heterocycles. The van der Waals surface area contributed by atoms with Gasteiger partial charge in [0.15, 0.2) is 5.69 Å². The predicted molar refractivity (Wildman–Crippen MR) is 121 cm³/mol. The molecule has 1 heterocycles. The molecular formula is C24H20ClFN4O2. The lowest BCUT2D eigenvalue weighted by molar-refractivity contribution is -0.121. The Morgan fingerprint density at radius 2 is 1.72 bits per heavy atom. The molecule has 0 radical (unpaired) electrons. The van der Waals surface area contributed by atoms with Gasteiger partial charge in [-0.25, -0.2) is 4.39 Å². The summed E-state index contributed by atoms with van der Waals surface area (Å²) in [7, 11) is 0. The van der Waals surface area contributed by atoms with Gasteiger partial charge in [-0.1, -0.05) is 66.2 Å². The first-order valence-corrected chi connectivity index (χ1v) is 10.3. The summed E-state index contributed by atoms with van der Waals surface area (Å²) in [5.41, 5.74) is 8.55. The molecule has 0 atom stereocenters. The molecule has 0 aliphatic carbocycles. The maximum atomic E-state index is 14.1. The first-order chi connectivity index (χ1) is 15.4. The molecule has 3 aromatic carbocycles. The van der Waals surface area contributed by atoms with Crippen LogP contribution in [0.3, 0.4) is 0 Å². The van der Waals surface area contributed by atoms with E-state index in [-0.39, 0.29) is 29.4 Å². The van der Waals surface area contributed by atoms with E-state index < -0.39 is 17.6 Å². The Morgan fingerprint density at radius 3 is 2.47 bits per heavy atom. The number of nitrogens with two attached hydrogens (primary N) is 1. The standard InChI is InChI=1S/C24H20ClFN4O2/c25-18-10-4-9-17(22(18)26)13-28-20(31)14-30-19-11-5-8-16(12-15-6-2-1-3-7-15)21(19)23(29-30)24(27)32/h1-11H,12-14H2,(H2,27,32)(H,28,31). The third kappa shape index (κ3) is 4.48. The van der Waals surface area contributed by atoms with Crippen molar-refractivity contribution < 1.29 is 14.0 Å². The van der Waals surface area contributed by atoms with E-state index in [1.165, 1.54) is 10.7 Å². The molecule has 8 heteroatoms. The molecule has 0 spiro atoms. The molecule has 0 saturated heterocycles. The van der Waals surface area contributed by atoms with Crippen LogP contribution >= 0.6 is 11.6 Å². The SMILES string of the molecule is NC(=O)c1nn(CC(=O)NCc2cccc(Cl)c2F)c2cccc(Cc3ccccc3)c12. The number of halogens is 2. The predicted octanol–water partition coefficient (Wildman–Crippen LogP) is 3.83. The summed E-state index contributed by atoms with van der Waals surface area (Å²) in [6, 6.07) is 20.0. The Balaban J connectivity index is 1.60. The average Bonchev–Trinajstić information content (AvgIpc) is 3.15. The van der Waals surface area contributed by atoms with Gasteiger partial charge < -0.3 is 11.1 Å². The van der Waals surface area contributed by atoms with Gasteiger partial charge >= 0.3 is 0 Å². The zero-order valence-electron chi connectivity index (χ0n) is 17.0. The fourth-order valence-electron chi connectivity index (χ4n) is 3.63. The van der Waals surface area contributed by atoms with Gasteiger partial charge in [-0.3, -0.25) is 14.3 Å². The van der Waals surface area contributed by atoms with Gasteiger partial charge in [-0.15, -0.1) is 0 Å². The maximum absolute atomic E-state index is 14.1. The number of fused-ring (bicyclic) bond motifs is 1. The number of hydrogen-bond acceptors (Lipinski definition) is 3. The van der Waals surface area contributed by atoms with Crippen molar-refractivity contribution >= 4 is 34.3 Å². The van der Waals surface area contributed by atoms with Gasteiger partial charge in [-0.05, 0) is 29.7 Å². The monoisotopic (exact) mass is 450 g/mol. The topological polar surface area (TPSA) is 90.0 Å². The van der Waals surface area contributed by atoms with Gasteiger partial charge in [0, 0.05) is 17.5 Å². The fourth-order valence-corrected chi connectivity index (χ4v) is 3.82. The number of nitrogens with one attached hydrogen (secondary N) is 1. The zero-order valence-corrected chi connectivity index (χ0v) is 17.8. The van der Waals surface area contributed by atoms with Crippen molar-refractivity contribution in [2.45, 2.75) is 19.5 Å². The molecule has 0 saturated carbocycles. The van der Waals surface area contributed by atoms with Crippen molar-refractivity contribution in [3.05, 3.63) is 100.0 Å². The summed E-state index contributed by atoms with van der Waals surface area (Å²) in [6.45, 7) is -0.173. The highest BCUT2D eigenvalue weighted by atomic mass is 35.5. The highest BCUT2D eigenvalue weighted by Gasteiger charge is 2.19. The van der Waals surface area contributed by atoms with E-state index >= 15 is 0 Å². The quantitative estimate of drug-likeness (QED) is 0.448. The van der Waals surface area contributed by atoms with Crippen LogP contribution in [0.4, 0.5) is 4.39 Å². The van der Waals surface area contributed by atoms with E-state index in [0.717, 1.165) is 11.1 Å². The lowest BCUT2D eigenvalue weighted by Gasteiger charge is -2.08. The Kier molecular flexibility index (Phi) is 6.18. The second-order valence-electron chi connectivity index (χ2n) is 7.33. The Bertz CT molecular complexity index is 1300. The van der Waals surface area contributed by atoms with Crippen molar-refractivity contribution in [2.24, 2.45) is 5.73 Å². The van der Waals surface area contributed by atoms with E-state index in [0.29, 0.717) is 17.3 Å². The molecule has 0 bridgehead atoms. The lowest BCUT2D eigenvalue weighted by atomic mass is 10.00. The fraction of sp³-hybridized carbons (Fsp3) is 0.125. The van der Waals surface area contributed by atoms with Crippen molar-refractivity contribution in [1.29, 1.82) is 0 Å². The summed E-state index contributed by atoms with van der Waals surface area (Å²) in [6.07, 6.45) is 0.588. The maximum Gasteiger partial charge on any atom is 0.269 e. The molecule has 6 nitrogen and oxygen atoms in total. The van der Waals surface area contributed by atoms with Gasteiger partial charge in [0.1, 0.15) is 12.4 Å². The molecule has 3 N–H and O–H groups in total. The highest BCUT2D eigenvalue weighted by Crippen LogP contribution is 2.25. The van der Waals surface area contributed by atoms with E-state index in [9.17, 15) is 14.0 Å². The molecule has 1 aromatic heterocycles. The van der Waals surface area contributed by atoms with E-state index in [1.807, 2.05) is 42.5 Å². The molecule has 162 valence electrons. The van der Waals surface area contributed by atoms with Crippen LogP contribution in [0, 0.1) is 5.82 Å². The normalized spacial score (nSPS) is 10.9. The Morgan fingerprint density at radius 1 is 1.00 bits per heavy atom.